The van der Waals surface area contributed by atoms with E-state index in [1.54, 1.807) is 0 Å². The van der Waals surface area contributed by atoms with Crippen LogP contribution in [0, 0.1) is 17.6 Å². The zero-order valence-electron chi connectivity index (χ0n) is 14.8. The quantitative estimate of drug-likeness (QED) is 0.834. The van der Waals surface area contributed by atoms with E-state index in [0.717, 1.165) is 32.0 Å². The highest BCUT2D eigenvalue weighted by Crippen LogP contribution is 2.46. The van der Waals surface area contributed by atoms with Crippen LogP contribution in [-0.4, -0.2) is 73.0 Å². The highest BCUT2D eigenvalue weighted by atomic mass is 19.1. The number of amides is 1. The lowest BCUT2D eigenvalue weighted by molar-refractivity contribution is -0.136. The van der Waals surface area contributed by atoms with E-state index in [-0.39, 0.29) is 23.9 Å². The summed E-state index contributed by atoms with van der Waals surface area (Å²) in [7, 11) is 3.78. The van der Waals surface area contributed by atoms with Gasteiger partial charge in [0.05, 0.1) is 12.6 Å². The fraction of sp³-hybridized carbons (Fsp3) is 0.632. The van der Waals surface area contributed by atoms with Gasteiger partial charge in [0.2, 0.25) is 5.91 Å². The second-order valence-electron chi connectivity index (χ2n) is 7.95. The van der Waals surface area contributed by atoms with E-state index in [2.05, 4.69) is 4.90 Å². The third-order valence-corrected chi connectivity index (χ3v) is 6.08. The summed E-state index contributed by atoms with van der Waals surface area (Å²) >= 11 is 0. The summed E-state index contributed by atoms with van der Waals surface area (Å²) in [6, 6.07) is 4.14. The maximum absolute atomic E-state index is 13.8. The van der Waals surface area contributed by atoms with Crippen molar-refractivity contribution in [3.63, 3.8) is 0 Å². The highest BCUT2D eigenvalue weighted by molar-refractivity contribution is 5.79. The Morgan fingerprint density at radius 3 is 2.36 bits per heavy atom. The zero-order valence-corrected chi connectivity index (χ0v) is 14.8. The van der Waals surface area contributed by atoms with Gasteiger partial charge in [-0.2, -0.15) is 0 Å². The van der Waals surface area contributed by atoms with Crippen molar-refractivity contribution in [2.24, 2.45) is 5.92 Å². The van der Waals surface area contributed by atoms with E-state index < -0.39 is 11.6 Å². The normalized spacial score (nSPS) is 33.8. The molecule has 4 aliphatic rings. The van der Waals surface area contributed by atoms with Crippen molar-refractivity contribution in [1.82, 2.24) is 14.7 Å². The van der Waals surface area contributed by atoms with Gasteiger partial charge in [-0.15, -0.1) is 0 Å². The van der Waals surface area contributed by atoms with Crippen LogP contribution >= 0.6 is 0 Å². The van der Waals surface area contributed by atoms with E-state index in [4.69, 9.17) is 0 Å². The number of hydrogen-bond acceptors (Lipinski definition) is 3. The van der Waals surface area contributed by atoms with Crippen LogP contribution in [0.25, 0.3) is 0 Å². The second-order valence-corrected chi connectivity index (χ2v) is 7.95. The van der Waals surface area contributed by atoms with E-state index in [1.165, 1.54) is 12.1 Å². The van der Waals surface area contributed by atoms with Crippen LogP contribution in [0.3, 0.4) is 0 Å². The first kappa shape index (κ1) is 16.9. The Balaban J connectivity index is 1.69. The molecule has 0 aliphatic carbocycles. The van der Waals surface area contributed by atoms with Crippen LogP contribution in [0.5, 0.6) is 0 Å². The van der Waals surface area contributed by atoms with Gasteiger partial charge in [-0.25, -0.2) is 8.78 Å². The summed E-state index contributed by atoms with van der Waals surface area (Å²) in [4.78, 5) is 19.1. The fourth-order valence-electron chi connectivity index (χ4n) is 5.15. The van der Waals surface area contributed by atoms with Crippen molar-refractivity contribution in [2.75, 3.05) is 40.3 Å². The molecule has 2 bridgehead atoms. The van der Waals surface area contributed by atoms with E-state index >= 15 is 0 Å². The Bertz CT molecular complexity index is 652. The molecule has 0 unspecified atom stereocenters. The van der Waals surface area contributed by atoms with E-state index in [9.17, 15) is 13.6 Å². The number of nitrogens with zero attached hydrogens (tertiary/aromatic N) is 3. The lowest BCUT2D eigenvalue weighted by Crippen LogP contribution is -2.61. The van der Waals surface area contributed by atoms with Crippen molar-refractivity contribution in [3.8, 4) is 0 Å². The molecule has 0 spiro atoms. The van der Waals surface area contributed by atoms with Gasteiger partial charge < -0.3 is 9.80 Å². The summed E-state index contributed by atoms with van der Waals surface area (Å²) in [6.07, 6.45) is 2.22. The number of halogens is 2. The van der Waals surface area contributed by atoms with Gasteiger partial charge in [0.1, 0.15) is 11.6 Å². The van der Waals surface area contributed by atoms with Crippen LogP contribution in [-0.2, 0) is 4.79 Å². The van der Waals surface area contributed by atoms with Crippen LogP contribution in [0.4, 0.5) is 8.78 Å². The summed E-state index contributed by atoms with van der Waals surface area (Å²) in [5.41, 5.74) is 0.681. The lowest BCUT2D eigenvalue weighted by Gasteiger charge is -2.51. The maximum Gasteiger partial charge on any atom is 0.237 e. The largest absolute Gasteiger partial charge is 0.336 e. The molecule has 5 rings (SSSR count). The van der Waals surface area contributed by atoms with Crippen molar-refractivity contribution in [3.05, 3.63) is 35.4 Å². The molecular weight excluding hydrogens is 324 g/mol. The predicted octanol–water partition coefficient (Wildman–Crippen LogP) is 1.91. The number of benzene rings is 1. The van der Waals surface area contributed by atoms with Gasteiger partial charge in [0, 0.05) is 24.6 Å². The van der Waals surface area contributed by atoms with Crippen LogP contribution in [0.15, 0.2) is 18.2 Å². The number of piperidine rings is 3. The number of hydrogen-bond donors (Lipinski definition) is 0. The molecule has 4 aliphatic heterocycles. The van der Waals surface area contributed by atoms with Crippen LogP contribution in [0.2, 0.25) is 0 Å². The van der Waals surface area contributed by atoms with Gasteiger partial charge >= 0.3 is 0 Å². The Labute approximate surface area is 147 Å². The number of rotatable bonds is 3. The van der Waals surface area contributed by atoms with Crippen LogP contribution in [0.1, 0.15) is 24.3 Å². The minimum absolute atomic E-state index is 0.0237. The van der Waals surface area contributed by atoms with Gasteiger partial charge in [0.15, 0.2) is 0 Å². The molecule has 1 aromatic carbocycles. The molecule has 25 heavy (non-hydrogen) atoms. The monoisotopic (exact) mass is 349 g/mol. The summed E-state index contributed by atoms with van der Waals surface area (Å²) in [6.45, 7) is 2.98. The van der Waals surface area contributed by atoms with Crippen molar-refractivity contribution < 1.29 is 13.6 Å². The Morgan fingerprint density at radius 2 is 1.76 bits per heavy atom. The first-order valence-corrected chi connectivity index (χ1v) is 9.08. The van der Waals surface area contributed by atoms with Gasteiger partial charge in [-0.05, 0) is 63.6 Å². The standard InChI is InChI=1S/C19H25F2N3O/c1-22(2)11-17(25)24-10-16(13-7-14(20)9-15(21)8-13)19-18(24)12-3-5-23(19)6-4-12/h7-9,12,16,18-19H,3-6,10-11H2,1-2H3/t16-,18-,19-/m1/s1. The third kappa shape index (κ3) is 2.95. The van der Waals surface area contributed by atoms with E-state index in [0.29, 0.717) is 24.6 Å². The first-order valence-electron chi connectivity index (χ1n) is 9.08. The number of fused-ring (bicyclic) bond motifs is 2. The Morgan fingerprint density at radius 1 is 1.12 bits per heavy atom. The zero-order chi connectivity index (χ0) is 17.7. The number of likely N-dealkylation sites (tertiary alicyclic amines) is 1. The molecule has 0 radical (unpaired) electrons. The number of likely N-dealkylation sites (N-methyl/N-ethyl adjacent to an activating group) is 1. The average Bonchev–Trinajstić information content (AvgIpc) is 2.97. The van der Waals surface area contributed by atoms with Gasteiger partial charge in [0.25, 0.3) is 0 Å². The summed E-state index contributed by atoms with van der Waals surface area (Å²) in [5, 5.41) is 0. The minimum Gasteiger partial charge on any atom is -0.336 e. The van der Waals surface area contributed by atoms with Gasteiger partial charge in [-0.3, -0.25) is 9.69 Å². The fourth-order valence-corrected chi connectivity index (χ4v) is 5.15. The topological polar surface area (TPSA) is 26.8 Å². The molecule has 1 amide bonds. The minimum atomic E-state index is -0.541. The first-order chi connectivity index (χ1) is 11.9. The third-order valence-electron chi connectivity index (χ3n) is 6.08. The van der Waals surface area contributed by atoms with Crippen molar-refractivity contribution >= 4 is 5.91 Å². The van der Waals surface area contributed by atoms with Crippen molar-refractivity contribution in [2.45, 2.75) is 30.8 Å². The lowest BCUT2D eigenvalue weighted by atomic mass is 9.75. The van der Waals surface area contributed by atoms with Gasteiger partial charge in [-0.1, -0.05) is 0 Å². The SMILES string of the molecule is CN(C)CC(=O)N1C[C@H](c2cc(F)cc(F)c2)[C@@H]2[C@H]1C1CCN2CC1. The maximum atomic E-state index is 13.8. The van der Waals surface area contributed by atoms with Crippen molar-refractivity contribution in [1.29, 1.82) is 0 Å². The highest BCUT2D eigenvalue weighted by Gasteiger charge is 2.54. The second kappa shape index (κ2) is 6.32. The molecule has 4 nitrogen and oxygen atoms in total. The molecule has 4 fully saturated rings. The molecule has 0 aromatic heterocycles. The molecule has 4 saturated heterocycles. The smallest absolute Gasteiger partial charge is 0.237 e. The summed E-state index contributed by atoms with van der Waals surface area (Å²) in [5.74, 6) is -0.483. The molecule has 0 saturated carbocycles. The van der Waals surface area contributed by atoms with Crippen LogP contribution < -0.4 is 0 Å². The molecular formula is C19H25F2N3O. The summed E-state index contributed by atoms with van der Waals surface area (Å²) < 4.78 is 27.6. The predicted molar refractivity (Wildman–Crippen MR) is 91.2 cm³/mol. The van der Waals surface area contributed by atoms with E-state index in [1.807, 2.05) is 23.9 Å². The Hall–Kier alpha value is -1.53. The average molecular weight is 349 g/mol. The molecule has 6 heteroatoms. The molecule has 136 valence electrons. The molecule has 1 aromatic rings. The molecule has 0 N–H and O–H groups in total. The number of carbonyl (C=O) groups is 1. The number of carbonyl (C=O) groups excluding carboxylic acids is 1. The Kier molecular flexibility index (Phi) is 4.28. The molecule has 3 atom stereocenters. The molecule has 4 heterocycles.